The van der Waals surface area contributed by atoms with E-state index in [9.17, 15) is 4.39 Å². The summed E-state index contributed by atoms with van der Waals surface area (Å²) in [6.07, 6.45) is 2.12. The summed E-state index contributed by atoms with van der Waals surface area (Å²) in [6, 6.07) is 14.9. The highest BCUT2D eigenvalue weighted by molar-refractivity contribution is 7.14. The molecule has 1 N–H and O–H groups in total. The molecule has 1 fully saturated rings. The predicted octanol–water partition coefficient (Wildman–Crippen LogP) is 5.33. The Labute approximate surface area is 144 Å². The average Bonchev–Trinajstić information content (AvgIpc) is 3.29. The minimum Gasteiger partial charge on any atom is -0.374 e. The summed E-state index contributed by atoms with van der Waals surface area (Å²) in [5, 5.41) is 5.69. The summed E-state index contributed by atoms with van der Waals surface area (Å²) in [4.78, 5) is 4.59. The molecule has 1 saturated carbocycles. The normalized spacial score (nSPS) is 15.2. The maximum absolute atomic E-state index is 13.7. The quantitative estimate of drug-likeness (QED) is 0.682. The van der Waals surface area contributed by atoms with Crippen LogP contribution in [0.2, 0.25) is 0 Å². The highest BCUT2D eigenvalue weighted by Gasteiger charge is 2.44. The first-order valence-corrected chi connectivity index (χ1v) is 8.71. The van der Waals surface area contributed by atoms with E-state index in [1.165, 1.54) is 23.0 Å². The lowest BCUT2D eigenvalue weighted by molar-refractivity contribution is 0.0789. The maximum Gasteiger partial charge on any atom is 0.187 e. The number of halogens is 1. The molecule has 1 aromatic heterocycles. The number of ether oxygens (including phenoxy) is 1. The van der Waals surface area contributed by atoms with Crippen LogP contribution in [0.5, 0.6) is 0 Å². The van der Waals surface area contributed by atoms with Crippen LogP contribution in [0.3, 0.4) is 0 Å². The van der Waals surface area contributed by atoms with Crippen molar-refractivity contribution in [3.63, 3.8) is 0 Å². The van der Waals surface area contributed by atoms with Gasteiger partial charge in [0.25, 0.3) is 0 Å². The van der Waals surface area contributed by atoms with Crippen LogP contribution >= 0.6 is 11.3 Å². The molecule has 1 heterocycles. The van der Waals surface area contributed by atoms with Crippen molar-refractivity contribution in [3.05, 3.63) is 65.3 Å². The minimum absolute atomic E-state index is 0.111. The van der Waals surface area contributed by atoms with Crippen molar-refractivity contribution in [1.82, 2.24) is 4.98 Å². The number of hydrogen-bond acceptors (Lipinski definition) is 4. The number of thiazole rings is 1. The molecule has 122 valence electrons. The topological polar surface area (TPSA) is 34.1 Å². The second-order valence-corrected chi connectivity index (χ2v) is 6.78. The lowest BCUT2D eigenvalue weighted by atomic mass is 10.0. The fourth-order valence-electron chi connectivity index (χ4n) is 2.83. The van der Waals surface area contributed by atoms with Crippen LogP contribution in [0.25, 0.3) is 11.3 Å². The Morgan fingerprint density at radius 1 is 1.17 bits per heavy atom. The second kappa shape index (κ2) is 6.00. The predicted molar refractivity (Wildman–Crippen MR) is 95.2 cm³/mol. The first-order valence-electron chi connectivity index (χ1n) is 7.83. The highest BCUT2D eigenvalue weighted by Crippen LogP contribution is 2.49. The molecular formula is C19H17FN2OS. The van der Waals surface area contributed by atoms with Crippen molar-refractivity contribution < 1.29 is 9.13 Å². The van der Waals surface area contributed by atoms with Gasteiger partial charge in [-0.1, -0.05) is 30.3 Å². The van der Waals surface area contributed by atoms with E-state index in [4.69, 9.17) is 4.74 Å². The molecule has 3 aromatic rings. The molecule has 0 saturated heterocycles. The lowest BCUT2D eigenvalue weighted by Crippen LogP contribution is -2.08. The Kier molecular flexibility index (Phi) is 3.82. The molecule has 2 aromatic carbocycles. The zero-order chi connectivity index (χ0) is 16.6. The van der Waals surface area contributed by atoms with Gasteiger partial charge in [0.2, 0.25) is 0 Å². The van der Waals surface area contributed by atoms with Crippen LogP contribution in [0.15, 0.2) is 53.9 Å². The molecular weight excluding hydrogens is 323 g/mol. The van der Waals surface area contributed by atoms with E-state index in [0.717, 1.165) is 24.1 Å². The van der Waals surface area contributed by atoms with Gasteiger partial charge >= 0.3 is 0 Å². The third-order valence-corrected chi connectivity index (χ3v) is 5.16. The third-order valence-electron chi connectivity index (χ3n) is 4.40. The van der Waals surface area contributed by atoms with Gasteiger partial charge in [-0.25, -0.2) is 9.37 Å². The highest BCUT2D eigenvalue weighted by atomic mass is 32.1. The van der Waals surface area contributed by atoms with Crippen LogP contribution < -0.4 is 5.32 Å². The summed E-state index contributed by atoms with van der Waals surface area (Å²) >= 11 is 1.46. The van der Waals surface area contributed by atoms with Crippen LogP contribution in [-0.4, -0.2) is 12.1 Å². The number of nitrogens with one attached hydrogen (secondary N) is 1. The van der Waals surface area contributed by atoms with Crippen molar-refractivity contribution in [2.45, 2.75) is 18.4 Å². The minimum atomic E-state index is -0.285. The Balaban J connectivity index is 1.59. The van der Waals surface area contributed by atoms with E-state index < -0.39 is 0 Å². The standard InChI is InChI=1S/C19H17FN2OS/c1-23-19(9-10-19)14-6-4-5-13(11-14)17-12-24-18(22-17)21-16-8-3-2-7-15(16)20/h2-8,11-12H,9-10H2,1H3,(H,21,22). The molecule has 24 heavy (non-hydrogen) atoms. The molecule has 1 aliphatic carbocycles. The Bertz CT molecular complexity index is 873. The van der Waals surface area contributed by atoms with Crippen LogP contribution in [0.4, 0.5) is 15.2 Å². The van der Waals surface area contributed by atoms with Gasteiger partial charge in [-0.2, -0.15) is 0 Å². The van der Waals surface area contributed by atoms with Gasteiger partial charge in [0.1, 0.15) is 5.82 Å². The number of hydrogen-bond donors (Lipinski definition) is 1. The fourth-order valence-corrected chi connectivity index (χ4v) is 3.56. The monoisotopic (exact) mass is 340 g/mol. The van der Waals surface area contributed by atoms with Crippen molar-refractivity contribution >= 4 is 22.2 Å². The number of nitrogens with zero attached hydrogens (tertiary/aromatic N) is 1. The van der Waals surface area contributed by atoms with E-state index in [2.05, 4.69) is 22.4 Å². The molecule has 0 bridgehead atoms. The molecule has 0 amide bonds. The maximum atomic E-state index is 13.7. The molecule has 1 aliphatic rings. The Hall–Kier alpha value is -2.24. The molecule has 3 nitrogen and oxygen atoms in total. The number of para-hydroxylation sites is 1. The number of benzene rings is 2. The molecule has 0 atom stereocenters. The average molecular weight is 340 g/mol. The van der Waals surface area contributed by atoms with Gasteiger partial charge in [-0.05, 0) is 36.6 Å². The van der Waals surface area contributed by atoms with Crippen molar-refractivity contribution in [2.24, 2.45) is 0 Å². The molecule has 0 unspecified atom stereocenters. The van der Waals surface area contributed by atoms with Gasteiger partial charge < -0.3 is 10.1 Å². The largest absolute Gasteiger partial charge is 0.374 e. The van der Waals surface area contributed by atoms with Crippen LogP contribution in [0, 0.1) is 5.82 Å². The molecule has 4 rings (SSSR count). The molecule has 0 aliphatic heterocycles. The third kappa shape index (κ3) is 2.81. The van der Waals surface area contributed by atoms with E-state index in [1.807, 2.05) is 17.5 Å². The number of anilines is 2. The summed E-state index contributed by atoms with van der Waals surface area (Å²) in [5.41, 5.74) is 3.45. The number of methoxy groups -OCH3 is 1. The van der Waals surface area contributed by atoms with Crippen molar-refractivity contribution in [1.29, 1.82) is 0 Å². The Morgan fingerprint density at radius 2 is 2.00 bits per heavy atom. The first kappa shape index (κ1) is 15.3. The van der Waals surface area contributed by atoms with Crippen LogP contribution in [0.1, 0.15) is 18.4 Å². The van der Waals surface area contributed by atoms with Gasteiger partial charge in [0, 0.05) is 18.1 Å². The first-order chi connectivity index (χ1) is 11.7. The summed E-state index contributed by atoms with van der Waals surface area (Å²) in [7, 11) is 1.76. The molecule has 0 spiro atoms. The van der Waals surface area contributed by atoms with E-state index >= 15 is 0 Å². The van der Waals surface area contributed by atoms with Gasteiger partial charge in [-0.3, -0.25) is 0 Å². The van der Waals surface area contributed by atoms with Gasteiger partial charge in [0.15, 0.2) is 5.13 Å². The van der Waals surface area contributed by atoms with Crippen molar-refractivity contribution in [3.8, 4) is 11.3 Å². The summed E-state index contributed by atoms with van der Waals surface area (Å²) in [6.45, 7) is 0. The van der Waals surface area contributed by atoms with Crippen molar-refractivity contribution in [2.75, 3.05) is 12.4 Å². The zero-order valence-electron chi connectivity index (χ0n) is 13.3. The molecule has 0 radical (unpaired) electrons. The van der Waals surface area contributed by atoms with E-state index in [0.29, 0.717) is 10.8 Å². The fraction of sp³-hybridized carbons (Fsp3) is 0.211. The van der Waals surface area contributed by atoms with E-state index in [1.54, 1.807) is 25.3 Å². The zero-order valence-corrected chi connectivity index (χ0v) is 14.1. The summed E-state index contributed by atoms with van der Waals surface area (Å²) < 4.78 is 19.4. The summed E-state index contributed by atoms with van der Waals surface area (Å²) in [5.74, 6) is -0.285. The Morgan fingerprint density at radius 3 is 2.75 bits per heavy atom. The number of aromatic nitrogens is 1. The molecule has 5 heteroatoms. The number of rotatable bonds is 5. The van der Waals surface area contributed by atoms with Crippen LogP contribution in [-0.2, 0) is 10.3 Å². The van der Waals surface area contributed by atoms with Gasteiger partial charge in [-0.15, -0.1) is 11.3 Å². The SMILES string of the molecule is COC1(c2cccc(-c3csc(Nc4ccccc4F)n3)c2)CC1. The lowest BCUT2D eigenvalue weighted by Gasteiger charge is -2.14. The smallest absolute Gasteiger partial charge is 0.187 e. The van der Waals surface area contributed by atoms with E-state index in [-0.39, 0.29) is 11.4 Å². The van der Waals surface area contributed by atoms with Gasteiger partial charge in [0.05, 0.1) is 17.0 Å². The second-order valence-electron chi connectivity index (χ2n) is 5.92.